The summed E-state index contributed by atoms with van der Waals surface area (Å²) in [6.45, 7) is 1.84. The van der Waals surface area contributed by atoms with Gasteiger partial charge in [0.15, 0.2) is 0 Å². The molecule has 0 spiro atoms. The van der Waals surface area contributed by atoms with Crippen LogP contribution in [0, 0.1) is 0 Å². The molecule has 0 radical (unpaired) electrons. The summed E-state index contributed by atoms with van der Waals surface area (Å²) in [6, 6.07) is 16.5. The molecule has 1 atom stereocenters. The Morgan fingerprint density at radius 2 is 1.69 bits per heavy atom. The van der Waals surface area contributed by atoms with Crippen LogP contribution in [-0.4, -0.2) is 28.7 Å². The highest BCUT2D eigenvalue weighted by Crippen LogP contribution is 2.21. The Morgan fingerprint density at radius 3 is 2.35 bits per heavy atom. The average molecular weight is 351 g/mol. The van der Waals surface area contributed by atoms with Crippen molar-refractivity contribution in [1.29, 1.82) is 0 Å². The molecule has 2 aromatic carbocycles. The Balaban J connectivity index is 1.86. The van der Waals surface area contributed by atoms with Crippen LogP contribution in [-0.2, 0) is 9.53 Å². The predicted molar refractivity (Wildman–Crippen MR) is 93.0 cm³/mol. The number of nitrogens with zero attached hydrogens (tertiary/aromatic N) is 2. The standard InChI is InChI=1S/C19H17N3O4/c1-2-25-19(24)15(20-16(23)13-9-5-3-6-10-13)18-22-21-17(26-18)14-11-7-4-8-12-14/h3-12,15H,2H2,1H3,(H,20,23). The molecule has 0 saturated carbocycles. The summed E-state index contributed by atoms with van der Waals surface area (Å²) in [7, 11) is 0. The lowest BCUT2D eigenvalue weighted by atomic mass is 10.2. The number of carbonyl (C=O) groups excluding carboxylic acids is 2. The summed E-state index contributed by atoms with van der Waals surface area (Å²) >= 11 is 0. The van der Waals surface area contributed by atoms with E-state index in [2.05, 4.69) is 15.5 Å². The monoisotopic (exact) mass is 351 g/mol. The number of hydrogen-bond donors (Lipinski definition) is 1. The number of rotatable bonds is 6. The second kappa shape index (κ2) is 8.06. The van der Waals surface area contributed by atoms with Crippen LogP contribution in [0.25, 0.3) is 11.5 Å². The number of ether oxygens (including phenoxy) is 1. The van der Waals surface area contributed by atoms with Gasteiger partial charge in [-0.3, -0.25) is 4.79 Å². The smallest absolute Gasteiger partial charge is 0.338 e. The summed E-state index contributed by atoms with van der Waals surface area (Å²) in [6.07, 6.45) is 0. The fraction of sp³-hybridized carbons (Fsp3) is 0.158. The maximum Gasteiger partial charge on any atom is 0.338 e. The van der Waals surface area contributed by atoms with Crippen molar-refractivity contribution in [3.8, 4) is 11.5 Å². The van der Waals surface area contributed by atoms with Crippen molar-refractivity contribution in [2.24, 2.45) is 0 Å². The third-order valence-corrected chi connectivity index (χ3v) is 3.54. The van der Waals surface area contributed by atoms with Crippen molar-refractivity contribution < 1.29 is 18.7 Å². The topological polar surface area (TPSA) is 94.3 Å². The molecule has 0 aliphatic carbocycles. The zero-order valence-corrected chi connectivity index (χ0v) is 14.1. The first kappa shape index (κ1) is 17.3. The first-order valence-electron chi connectivity index (χ1n) is 8.10. The van der Waals surface area contributed by atoms with Gasteiger partial charge < -0.3 is 14.5 Å². The van der Waals surface area contributed by atoms with Crippen LogP contribution in [0.3, 0.4) is 0 Å². The van der Waals surface area contributed by atoms with E-state index in [-0.39, 0.29) is 18.4 Å². The highest BCUT2D eigenvalue weighted by Gasteiger charge is 2.30. The number of aromatic nitrogens is 2. The Hall–Kier alpha value is -3.48. The molecular formula is C19H17N3O4. The van der Waals surface area contributed by atoms with Gasteiger partial charge in [0.2, 0.25) is 11.9 Å². The molecule has 3 aromatic rings. The Morgan fingerprint density at radius 1 is 1.04 bits per heavy atom. The SMILES string of the molecule is CCOC(=O)C(NC(=O)c1ccccc1)c1nnc(-c2ccccc2)o1. The van der Waals surface area contributed by atoms with Crippen molar-refractivity contribution in [2.75, 3.05) is 6.61 Å². The lowest BCUT2D eigenvalue weighted by Crippen LogP contribution is -2.35. The number of amides is 1. The summed E-state index contributed by atoms with van der Waals surface area (Å²) < 4.78 is 10.6. The quantitative estimate of drug-likeness (QED) is 0.686. The number of hydrogen-bond acceptors (Lipinski definition) is 6. The van der Waals surface area contributed by atoms with Crippen molar-refractivity contribution in [2.45, 2.75) is 13.0 Å². The largest absolute Gasteiger partial charge is 0.464 e. The molecule has 0 bridgehead atoms. The molecule has 0 aliphatic heterocycles. The van der Waals surface area contributed by atoms with Gasteiger partial charge in [-0.15, -0.1) is 10.2 Å². The van der Waals surface area contributed by atoms with Crippen molar-refractivity contribution in [3.05, 3.63) is 72.1 Å². The van der Waals surface area contributed by atoms with Gasteiger partial charge in [-0.1, -0.05) is 36.4 Å². The van der Waals surface area contributed by atoms with Crippen LogP contribution in [0.2, 0.25) is 0 Å². The minimum Gasteiger partial charge on any atom is -0.464 e. The number of benzene rings is 2. The van der Waals surface area contributed by atoms with E-state index in [0.29, 0.717) is 11.1 Å². The van der Waals surface area contributed by atoms with Crippen LogP contribution < -0.4 is 5.32 Å². The molecule has 3 rings (SSSR count). The fourth-order valence-electron chi connectivity index (χ4n) is 2.30. The van der Waals surface area contributed by atoms with Crippen LogP contribution >= 0.6 is 0 Å². The minimum absolute atomic E-state index is 0.0356. The highest BCUT2D eigenvalue weighted by molar-refractivity contribution is 5.96. The van der Waals surface area contributed by atoms with E-state index in [1.54, 1.807) is 49.4 Å². The maximum absolute atomic E-state index is 12.4. The van der Waals surface area contributed by atoms with E-state index in [1.165, 1.54) is 0 Å². The van der Waals surface area contributed by atoms with Gasteiger partial charge in [0.25, 0.3) is 11.8 Å². The summed E-state index contributed by atoms with van der Waals surface area (Å²) in [5.41, 5.74) is 1.12. The summed E-state index contributed by atoms with van der Waals surface area (Å²) in [4.78, 5) is 24.7. The first-order chi connectivity index (χ1) is 12.7. The van der Waals surface area contributed by atoms with Crippen LogP contribution in [0.5, 0.6) is 0 Å². The third kappa shape index (κ3) is 3.94. The zero-order valence-electron chi connectivity index (χ0n) is 14.1. The van der Waals surface area contributed by atoms with Crippen molar-refractivity contribution in [1.82, 2.24) is 15.5 Å². The van der Waals surface area contributed by atoms with Gasteiger partial charge in [-0.25, -0.2) is 4.79 Å². The Labute approximate surface area is 150 Å². The van der Waals surface area contributed by atoms with E-state index in [1.807, 2.05) is 18.2 Å². The summed E-state index contributed by atoms with van der Waals surface area (Å²) in [5, 5.41) is 10.5. The average Bonchev–Trinajstić information content (AvgIpc) is 3.17. The highest BCUT2D eigenvalue weighted by atomic mass is 16.5. The third-order valence-electron chi connectivity index (χ3n) is 3.54. The maximum atomic E-state index is 12.4. The minimum atomic E-state index is -1.19. The molecule has 1 unspecified atom stereocenters. The van der Waals surface area contributed by atoms with Gasteiger partial charge >= 0.3 is 5.97 Å². The lowest BCUT2D eigenvalue weighted by Gasteiger charge is -2.13. The molecule has 1 heterocycles. The molecule has 26 heavy (non-hydrogen) atoms. The normalized spacial score (nSPS) is 11.6. The molecule has 0 saturated heterocycles. The van der Waals surface area contributed by atoms with E-state index < -0.39 is 17.9 Å². The van der Waals surface area contributed by atoms with Gasteiger partial charge in [-0.2, -0.15) is 0 Å². The van der Waals surface area contributed by atoms with Gasteiger partial charge in [0.1, 0.15) is 0 Å². The van der Waals surface area contributed by atoms with Crippen LogP contribution in [0.15, 0.2) is 65.1 Å². The van der Waals surface area contributed by atoms with Gasteiger partial charge in [-0.05, 0) is 31.2 Å². The van der Waals surface area contributed by atoms with Gasteiger partial charge in [0, 0.05) is 11.1 Å². The second-order valence-electron chi connectivity index (χ2n) is 5.34. The molecule has 7 nitrogen and oxygen atoms in total. The van der Waals surface area contributed by atoms with Gasteiger partial charge in [0.05, 0.1) is 6.61 Å². The number of nitrogens with one attached hydrogen (secondary N) is 1. The van der Waals surface area contributed by atoms with E-state index in [4.69, 9.17) is 9.15 Å². The molecule has 1 amide bonds. The lowest BCUT2D eigenvalue weighted by molar-refractivity contribution is -0.146. The molecule has 7 heteroatoms. The Bertz CT molecular complexity index is 878. The number of carbonyl (C=O) groups is 2. The molecule has 1 N–H and O–H groups in total. The van der Waals surface area contributed by atoms with Crippen molar-refractivity contribution in [3.63, 3.8) is 0 Å². The predicted octanol–water partition coefficient (Wildman–Crippen LogP) is 2.77. The molecule has 1 aromatic heterocycles. The molecular weight excluding hydrogens is 334 g/mol. The second-order valence-corrected chi connectivity index (χ2v) is 5.34. The zero-order chi connectivity index (χ0) is 18.4. The molecule has 0 fully saturated rings. The molecule has 0 aliphatic rings. The summed E-state index contributed by atoms with van der Waals surface area (Å²) in [5.74, 6) is -0.890. The Kier molecular flexibility index (Phi) is 5.38. The van der Waals surface area contributed by atoms with E-state index in [0.717, 1.165) is 0 Å². The van der Waals surface area contributed by atoms with E-state index in [9.17, 15) is 9.59 Å². The van der Waals surface area contributed by atoms with Crippen molar-refractivity contribution >= 4 is 11.9 Å². The fourth-order valence-corrected chi connectivity index (χ4v) is 2.30. The first-order valence-corrected chi connectivity index (χ1v) is 8.10. The van der Waals surface area contributed by atoms with Crippen LogP contribution in [0.4, 0.5) is 0 Å². The molecule has 132 valence electrons. The van der Waals surface area contributed by atoms with E-state index >= 15 is 0 Å². The number of esters is 1. The van der Waals surface area contributed by atoms with Crippen LogP contribution in [0.1, 0.15) is 29.2 Å².